The van der Waals surface area contributed by atoms with Gasteiger partial charge < -0.3 is 4.74 Å². The van der Waals surface area contributed by atoms with E-state index in [0.29, 0.717) is 0 Å². The smallest absolute Gasteiger partial charge is 0.0844 e. The van der Waals surface area contributed by atoms with Gasteiger partial charge in [-0.1, -0.05) is 0 Å². The van der Waals surface area contributed by atoms with Gasteiger partial charge in [-0.15, -0.1) is 0 Å². The van der Waals surface area contributed by atoms with Crippen molar-refractivity contribution in [1.82, 2.24) is 0 Å². The second-order valence-corrected chi connectivity index (χ2v) is 3.44. The van der Waals surface area contributed by atoms with E-state index in [0.717, 1.165) is 24.0 Å². The van der Waals surface area contributed by atoms with E-state index in [1.165, 1.54) is 19.3 Å². The van der Waals surface area contributed by atoms with Gasteiger partial charge in [-0.3, -0.25) is 0 Å². The molecule has 1 heteroatoms. The summed E-state index contributed by atoms with van der Waals surface area (Å²) in [5, 5.41) is 0. The van der Waals surface area contributed by atoms with Gasteiger partial charge in [0.05, 0.1) is 12.2 Å². The number of rotatable bonds is 0. The van der Waals surface area contributed by atoms with Crippen molar-refractivity contribution >= 4 is 0 Å². The zero-order valence-corrected chi connectivity index (χ0v) is 4.84. The lowest BCUT2D eigenvalue weighted by molar-refractivity contribution is 0.363. The molecule has 1 aliphatic heterocycles. The van der Waals surface area contributed by atoms with Crippen LogP contribution in [0.1, 0.15) is 19.3 Å². The predicted molar refractivity (Wildman–Crippen MR) is 29.5 cm³/mol. The van der Waals surface area contributed by atoms with Crippen LogP contribution in [0.3, 0.4) is 0 Å². The third-order valence-corrected chi connectivity index (χ3v) is 2.83. The monoisotopic (exact) mass is 110 g/mol. The topological polar surface area (TPSA) is 12.5 Å². The molecule has 0 bridgehead atoms. The van der Waals surface area contributed by atoms with E-state index in [9.17, 15) is 0 Å². The zero-order valence-electron chi connectivity index (χ0n) is 4.84. The molecule has 3 aliphatic rings. The normalized spacial score (nSPS) is 66.0. The van der Waals surface area contributed by atoms with Gasteiger partial charge >= 0.3 is 0 Å². The van der Waals surface area contributed by atoms with Gasteiger partial charge in [0.2, 0.25) is 0 Å². The van der Waals surface area contributed by atoms with E-state index in [1.807, 2.05) is 0 Å². The van der Waals surface area contributed by atoms with Crippen LogP contribution in [0.2, 0.25) is 0 Å². The van der Waals surface area contributed by atoms with Crippen molar-refractivity contribution in [3.8, 4) is 0 Å². The van der Waals surface area contributed by atoms with Gasteiger partial charge in [0.15, 0.2) is 0 Å². The Morgan fingerprint density at radius 1 is 0.875 bits per heavy atom. The lowest BCUT2D eigenvalue weighted by Gasteiger charge is -1.99. The fourth-order valence-corrected chi connectivity index (χ4v) is 2.08. The van der Waals surface area contributed by atoms with Gasteiger partial charge in [-0.25, -0.2) is 0 Å². The first-order valence-corrected chi connectivity index (χ1v) is 3.59. The lowest BCUT2D eigenvalue weighted by atomic mass is 10.0. The Kier molecular flexibility index (Phi) is 0.472. The third-order valence-electron chi connectivity index (χ3n) is 2.83. The summed E-state index contributed by atoms with van der Waals surface area (Å²) >= 11 is 0. The number of hydrogen-bond acceptors (Lipinski definition) is 1. The highest BCUT2D eigenvalue weighted by molar-refractivity contribution is 5.03. The largest absolute Gasteiger partial charge is 0.370 e. The molecule has 2 aliphatic carbocycles. The van der Waals surface area contributed by atoms with E-state index >= 15 is 0 Å². The molecule has 0 aromatic carbocycles. The number of ether oxygens (including phenoxy) is 1. The molecule has 0 unspecified atom stereocenters. The number of fused-ring (bicyclic) bond motifs is 2. The van der Waals surface area contributed by atoms with Crippen LogP contribution in [-0.2, 0) is 4.74 Å². The minimum atomic E-state index is 0.721. The molecule has 3 rings (SSSR count). The molecule has 0 aromatic rings. The first-order chi connectivity index (χ1) is 3.93. The summed E-state index contributed by atoms with van der Waals surface area (Å²) < 4.78 is 5.38. The van der Waals surface area contributed by atoms with E-state index in [2.05, 4.69) is 0 Å². The molecule has 44 valence electrons. The Labute approximate surface area is 49.0 Å². The summed E-state index contributed by atoms with van der Waals surface area (Å²) in [7, 11) is 0. The molecule has 2 saturated carbocycles. The van der Waals surface area contributed by atoms with Crippen molar-refractivity contribution in [3.63, 3.8) is 0 Å². The average Bonchev–Trinajstić information content (AvgIpc) is 2.45. The maximum atomic E-state index is 5.38. The molecule has 0 N–H and O–H groups in total. The Hall–Kier alpha value is -0.0400. The van der Waals surface area contributed by atoms with Crippen LogP contribution in [0.15, 0.2) is 0 Å². The molecule has 4 atom stereocenters. The van der Waals surface area contributed by atoms with Crippen LogP contribution >= 0.6 is 0 Å². The van der Waals surface area contributed by atoms with Crippen molar-refractivity contribution < 1.29 is 4.74 Å². The quantitative estimate of drug-likeness (QED) is 0.427. The van der Waals surface area contributed by atoms with Gasteiger partial charge in [0, 0.05) is 0 Å². The van der Waals surface area contributed by atoms with E-state index < -0.39 is 0 Å². The predicted octanol–water partition coefficient (Wildman–Crippen LogP) is 1.18. The minimum Gasteiger partial charge on any atom is -0.370 e. The number of epoxide rings is 1. The van der Waals surface area contributed by atoms with Gasteiger partial charge in [-0.2, -0.15) is 0 Å². The highest BCUT2D eigenvalue weighted by Crippen LogP contribution is 2.55. The van der Waals surface area contributed by atoms with Gasteiger partial charge in [0.1, 0.15) is 0 Å². The number of hydrogen-bond donors (Lipinski definition) is 0. The van der Waals surface area contributed by atoms with Crippen molar-refractivity contribution in [2.24, 2.45) is 11.8 Å². The highest BCUT2D eigenvalue weighted by atomic mass is 16.6. The van der Waals surface area contributed by atoms with Gasteiger partial charge in [-0.05, 0) is 31.1 Å². The van der Waals surface area contributed by atoms with Crippen molar-refractivity contribution in [2.45, 2.75) is 31.5 Å². The first-order valence-electron chi connectivity index (χ1n) is 3.59. The second-order valence-electron chi connectivity index (χ2n) is 3.44. The molecule has 1 heterocycles. The summed E-state index contributed by atoms with van der Waals surface area (Å²) in [4.78, 5) is 0. The summed E-state index contributed by atoms with van der Waals surface area (Å²) in [6, 6.07) is 0. The molecule has 0 radical (unpaired) electrons. The van der Waals surface area contributed by atoms with Crippen LogP contribution in [0.4, 0.5) is 0 Å². The minimum absolute atomic E-state index is 0.721. The third kappa shape index (κ3) is 0.368. The zero-order chi connectivity index (χ0) is 5.14. The molecule has 3 fully saturated rings. The Balaban J connectivity index is 1.85. The molecule has 1 saturated heterocycles. The highest BCUT2D eigenvalue weighted by Gasteiger charge is 2.54. The van der Waals surface area contributed by atoms with E-state index in [4.69, 9.17) is 4.74 Å². The molecule has 0 amide bonds. The maximum Gasteiger partial charge on any atom is 0.0844 e. The van der Waals surface area contributed by atoms with Crippen LogP contribution in [0.25, 0.3) is 0 Å². The second kappa shape index (κ2) is 0.971. The summed E-state index contributed by atoms with van der Waals surface area (Å²) in [5.74, 6) is 2.19. The molecule has 8 heavy (non-hydrogen) atoms. The molecule has 0 spiro atoms. The SMILES string of the molecule is C1[C@@H]2C[C@H]3O[C@@H]3C[C@@H]12. The molecular weight excluding hydrogens is 100 g/mol. The first kappa shape index (κ1) is 3.89. The van der Waals surface area contributed by atoms with Crippen molar-refractivity contribution in [1.29, 1.82) is 0 Å². The fraction of sp³-hybridized carbons (Fsp3) is 1.00. The van der Waals surface area contributed by atoms with Crippen molar-refractivity contribution in [2.75, 3.05) is 0 Å². The van der Waals surface area contributed by atoms with Crippen LogP contribution in [0, 0.1) is 11.8 Å². The van der Waals surface area contributed by atoms with E-state index in [1.54, 1.807) is 0 Å². The average molecular weight is 110 g/mol. The van der Waals surface area contributed by atoms with Gasteiger partial charge in [0.25, 0.3) is 0 Å². The standard InChI is InChI=1S/C7H10O/c1-4-2-6-7(8-6)3-5(1)4/h4-7H,1-3H2/t4-,5-,6-,7-/m1/s1. The molecule has 0 aromatic heterocycles. The Morgan fingerprint density at radius 2 is 1.50 bits per heavy atom. The molecular formula is C7H10O. The lowest BCUT2D eigenvalue weighted by Crippen LogP contribution is -2.03. The van der Waals surface area contributed by atoms with Crippen LogP contribution < -0.4 is 0 Å². The van der Waals surface area contributed by atoms with Crippen LogP contribution in [-0.4, -0.2) is 12.2 Å². The fourth-order valence-electron chi connectivity index (χ4n) is 2.08. The summed E-state index contributed by atoms with van der Waals surface area (Å²) in [6.07, 6.45) is 5.76. The Morgan fingerprint density at radius 3 is 2.12 bits per heavy atom. The summed E-state index contributed by atoms with van der Waals surface area (Å²) in [5.41, 5.74) is 0. The molecule has 1 nitrogen and oxygen atoms in total. The van der Waals surface area contributed by atoms with E-state index in [-0.39, 0.29) is 0 Å². The Bertz CT molecular complexity index is 104. The summed E-state index contributed by atoms with van der Waals surface area (Å²) in [6.45, 7) is 0. The maximum absolute atomic E-state index is 5.38. The van der Waals surface area contributed by atoms with Crippen LogP contribution in [0.5, 0.6) is 0 Å². The van der Waals surface area contributed by atoms with Crippen molar-refractivity contribution in [3.05, 3.63) is 0 Å².